The zero-order chi connectivity index (χ0) is 38.8. The van der Waals surface area contributed by atoms with E-state index in [9.17, 15) is 14.7 Å². The molecule has 2 aromatic carbocycles. The summed E-state index contributed by atoms with van der Waals surface area (Å²) >= 11 is 2.36. The Hall–Kier alpha value is -2.61. The number of fused-ring (bicyclic) bond motifs is 1. The van der Waals surface area contributed by atoms with Crippen LogP contribution in [0.15, 0.2) is 36.4 Å². The van der Waals surface area contributed by atoms with Gasteiger partial charge in [0.05, 0.1) is 3.70 Å². The van der Waals surface area contributed by atoms with E-state index in [1.165, 1.54) is 5.56 Å². The summed E-state index contributed by atoms with van der Waals surface area (Å²) in [6.07, 6.45) is 2.31. The Morgan fingerprint density at radius 3 is 2.15 bits per heavy atom. The molecule has 1 aliphatic rings. The number of amides is 2. The molecule has 1 saturated heterocycles. The van der Waals surface area contributed by atoms with E-state index in [2.05, 4.69) is 125 Å². The van der Waals surface area contributed by atoms with E-state index in [4.69, 9.17) is 9.16 Å². The Bertz CT molecular complexity index is 1690. The molecule has 288 valence electrons. The summed E-state index contributed by atoms with van der Waals surface area (Å²) in [5.74, 6) is 0.634. The van der Waals surface area contributed by atoms with E-state index in [-0.39, 0.29) is 24.3 Å². The number of ether oxygens (including phenoxy) is 1. The van der Waals surface area contributed by atoms with Gasteiger partial charge in [-0.15, -0.1) is 0 Å². The summed E-state index contributed by atoms with van der Waals surface area (Å²) in [4.78, 5) is 31.0. The third kappa shape index (κ3) is 9.92. The SMILES string of the molecule is CC(C)[Si](Oc1cc(C[C@H](NC(=O)OC(C)(C)C)C(=O)N2CCCCN2C)cc(-c2ccc3[nH]c(I)c(CC(C)(C)CO)c3c2)c1)(C(C)C)C(C)C. The summed E-state index contributed by atoms with van der Waals surface area (Å²) in [5.41, 5.74) is 5.27. The van der Waals surface area contributed by atoms with Crippen molar-refractivity contribution in [2.75, 3.05) is 26.7 Å². The van der Waals surface area contributed by atoms with Crippen molar-refractivity contribution in [3.8, 4) is 16.9 Å². The molecule has 1 aliphatic heterocycles. The lowest BCUT2D eigenvalue weighted by Gasteiger charge is -2.42. The van der Waals surface area contributed by atoms with Crippen LogP contribution in [0.3, 0.4) is 0 Å². The molecule has 0 aliphatic carbocycles. The Morgan fingerprint density at radius 2 is 1.58 bits per heavy atom. The first-order valence-corrected chi connectivity index (χ1v) is 22.2. The van der Waals surface area contributed by atoms with Gasteiger partial charge in [-0.1, -0.05) is 67.5 Å². The third-order valence-corrected chi connectivity index (χ3v) is 17.4. The molecule has 1 fully saturated rings. The van der Waals surface area contributed by atoms with Crippen molar-refractivity contribution in [2.45, 2.75) is 130 Å². The summed E-state index contributed by atoms with van der Waals surface area (Å²) in [5, 5.41) is 17.9. The van der Waals surface area contributed by atoms with Crippen molar-refractivity contribution in [1.82, 2.24) is 20.3 Å². The Labute approximate surface area is 326 Å². The molecule has 0 bridgehead atoms. The zero-order valence-corrected chi connectivity index (χ0v) is 36.7. The van der Waals surface area contributed by atoms with Crippen LogP contribution in [-0.2, 0) is 22.4 Å². The van der Waals surface area contributed by atoms with Crippen LogP contribution in [0.25, 0.3) is 22.0 Å². The Kier molecular flexibility index (Phi) is 13.6. The summed E-state index contributed by atoms with van der Waals surface area (Å²) < 4.78 is 14.0. The van der Waals surface area contributed by atoms with Crippen LogP contribution in [0.2, 0.25) is 16.6 Å². The number of aromatic nitrogens is 1. The molecule has 0 unspecified atom stereocenters. The van der Waals surface area contributed by atoms with Gasteiger partial charge in [0.2, 0.25) is 0 Å². The number of benzene rings is 2. The zero-order valence-electron chi connectivity index (χ0n) is 33.6. The number of nitrogens with one attached hydrogen (secondary N) is 2. The highest BCUT2D eigenvalue weighted by Gasteiger charge is 2.47. The quantitative estimate of drug-likeness (QED) is 0.117. The number of hydrogen-bond donors (Lipinski definition) is 3. The number of carbonyl (C=O) groups is 2. The number of rotatable bonds is 13. The van der Waals surface area contributed by atoms with Gasteiger partial charge in [-0.3, -0.25) is 9.80 Å². The smallest absolute Gasteiger partial charge is 0.408 e. The van der Waals surface area contributed by atoms with Crippen molar-refractivity contribution >= 4 is 53.8 Å². The number of alkyl carbamates (subject to hydrolysis) is 1. The molecule has 3 aromatic rings. The number of carbonyl (C=O) groups excluding carboxylic acids is 2. The van der Waals surface area contributed by atoms with Gasteiger partial charge in [-0.2, -0.15) is 0 Å². The van der Waals surface area contributed by atoms with Gasteiger partial charge in [0.25, 0.3) is 14.2 Å². The first-order valence-electron chi connectivity index (χ1n) is 18.9. The number of aliphatic hydroxyl groups is 1. The largest absolute Gasteiger partial charge is 0.543 e. The van der Waals surface area contributed by atoms with Gasteiger partial charge in [0, 0.05) is 44.1 Å². The van der Waals surface area contributed by atoms with Crippen molar-refractivity contribution in [3.05, 3.63) is 51.2 Å². The number of aliphatic hydroxyl groups excluding tert-OH is 1. The van der Waals surface area contributed by atoms with Crippen LogP contribution in [0.1, 0.15) is 100 Å². The van der Waals surface area contributed by atoms with Crippen molar-refractivity contribution in [1.29, 1.82) is 0 Å². The Morgan fingerprint density at radius 1 is 0.942 bits per heavy atom. The fourth-order valence-electron chi connectivity index (χ4n) is 7.90. The van der Waals surface area contributed by atoms with Crippen LogP contribution in [0, 0.1) is 9.12 Å². The first-order chi connectivity index (χ1) is 24.2. The number of halogens is 1. The predicted octanol–water partition coefficient (Wildman–Crippen LogP) is 9.46. The number of hydrazine groups is 1. The first kappa shape index (κ1) is 42.1. The topological polar surface area (TPSA) is 107 Å². The lowest BCUT2D eigenvalue weighted by molar-refractivity contribution is -0.152. The average Bonchev–Trinajstić information content (AvgIpc) is 3.34. The van der Waals surface area contributed by atoms with E-state index in [1.807, 2.05) is 32.8 Å². The van der Waals surface area contributed by atoms with E-state index >= 15 is 0 Å². The van der Waals surface area contributed by atoms with Crippen molar-refractivity contribution in [3.63, 3.8) is 0 Å². The molecule has 2 amide bonds. The van der Waals surface area contributed by atoms with Gasteiger partial charge in [-0.05, 0) is 131 Å². The van der Waals surface area contributed by atoms with E-state index in [0.717, 1.165) is 62.9 Å². The maximum absolute atomic E-state index is 14.2. The van der Waals surface area contributed by atoms with E-state index < -0.39 is 26.1 Å². The van der Waals surface area contributed by atoms with Crippen LogP contribution in [-0.4, -0.2) is 78.8 Å². The van der Waals surface area contributed by atoms with Crippen molar-refractivity contribution < 1.29 is 23.9 Å². The lowest BCUT2D eigenvalue weighted by Crippen LogP contribution is -2.56. The molecule has 11 heteroatoms. The fourth-order valence-corrected chi connectivity index (χ4v) is 13.9. The predicted molar refractivity (Wildman–Crippen MR) is 223 cm³/mol. The number of H-pyrrole nitrogens is 1. The molecular formula is C41H63IN4O5Si. The van der Waals surface area contributed by atoms with Crippen LogP contribution < -0.4 is 9.74 Å². The third-order valence-electron chi connectivity index (χ3n) is 10.4. The van der Waals surface area contributed by atoms with Crippen LogP contribution in [0.5, 0.6) is 5.75 Å². The number of nitrogens with zero attached hydrogens (tertiary/aromatic N) is 2. The van der Waals surface area contributed by atoms with Gasteiger partial charge in [0.15, 0.2) is 0 Å². The highest BCUT2D eigenvalue weighted by molar-refractivity contribution is 14.1. The second kappa shape index (κ2) is 16.8. The molecule has 1 aromatic heterocycles. The number of aromatic amines is 1. The van der Waals surface area contributed by atoms with Crippen molar-refractivity contribution in [2.24, 2.45) is 5.41 Å². The maximum atomic E-state index is 14.2. The highest BCUT2D eigenvalue weighted by atomic mass is 127. The fraction of sp³-hybridized carbons (Fsp3) is 0.610. The maximum Gasteiger partial charge on any atom is 0.408 e. The van der Waals surface area contributed by atoms with E-state index in [0.29, 0.717) is 23.2 Å². The van der Waals surface area contributed by atoms with Gasteiger partial charge in [0.1, 0.15) is 17.4 Å². The average molecular weight is 847 g/mol. The molecule has 0 spiro atoms. The molecule has 1 atom stereocenters. The van der Waals surface area contributed by atoms with Crippen LogP contribution >= 0.6 is 22.6 Å². The Balaban J connectivity index is 1.87. The monoisotopic (exact) mass is 846 g/mol. The minimum Gasteiger partial charge on any atom is -0.543 e. The summed E-state index contributed by atoms with van der Waals surface area (Å²) in [6.45, 7) is 24.8. The van der Waals surface area contributed by atoms with E-state index in [1.54, 1.807) is 5.01 Å². The van der Waals surface area contributed by atoms with Gasteiger partial charge in [-0.25, -0.2) is 9.80 Å². The normalized spacial score (nSPS) is 15.5. The number of hydrogen-bond acceptors (Lipinski definition) is 6. The summed E-state index contributed by atoms with van der Waals surface area (Å²) in [6, 6.07) is 12.0. The second-order valence-electron chi connectivity index (χ2n) is 17.4. The molecule has 9 nitrogen and oxygen atoms in total. The molecular weight excluding hydrogens is 783 g/mol. The van der Waals surface area contributed by atoms with Gasteiger partial charge < -0.3 is 24.6 Å². The molecule has 0 saturated carbocycles. The van der Waals surface area contributed by atoms with Gasteiger partial charge >= 0.3 is 6.09 Å². The standard InChI is InChI=1S/C41H63IN4O5Si/c1-26(2)52(27(3)4,28(5)6)51-32-20-29(21-36(44-39(49)50-40(7,8)9)38(48)46-18-14-13-17-45(46)12)19-31(22-32)30-15-16-35-33(23-30)34(37(42)43-35)24-41(10,11)25-47/h15-16,19-20,22-23,26-28,36,43,47H,13-14,17-18,21,24-25H2,1-12H3,(H,44,49)/t36-/m0/s1. The molecule has 2 heterocycles. The molecule has 52 heavy (non-hydrogen) atoms. The highest BCUT2D eigenvalue weighted by Crippen LogP contribution is 2.44. The molecule has 0 radical (unpaired) electrons. The minimum absolute atomic E-state index is 0.0931. The molecule has 3 N–H and O–H groups in total. The van der Waals surface area contributed by atoms with Crippen LogP contribution in [0.4, 0.5) is 4.79 Å². The minimum atomic E-state index is -2.35. The summed E-state index contributed by atoms with van der Waals surface area (Å²) in [7, 11) is -0.420. The second-order valence-corrected chi connectivity index (χ2v) is 23.9. The molecule has 4 rings (SSSR count). The lowest BCUT2D eigenvalue weighted by atomic mass is 9.86.